The predicted octanol–water partition coefficient (Wildman–Crippen LogP) is 3.59. The zero-order valence-corrected chi connectivity index (χ0v) is 17.9. The van der Waals surface area contributed by atoms with Crippen LogP contribution in [0, 0.1) is 25.9 Å². The van der Waals surface area contributed by atoms with Crippen molar-refractivity contribution in [2.75, 3.05) is 18.4 Å². The van der Waals surface area contributed by atoms with Crippen molar-refractivity contribution in [2.45, 2.75) is 25.0 Å². The number of β-amino-alcohol motifs (C(OH)–C–C–N with tert-alkyl or cyclic N) is 1. The monoisotopic (exact) mass is 536 g/mol. The Labute approximate surface area is 183 Å². The van der Waals surface area contributed by atoms with Crippen LogP contribution in [0.2, 0.25) is 0 Å². The van der Waals surface area contributed by atoms with Crippen LogP contribution in [0.15, 0.2) is 30.3 Å². The Morgan fingerprint density at radius 3 is 2.50 bits per heavy atom. The third kappa shape index (κ3) is 4.08. The van der Waals surface area contributed by atoms with Gasteiger partial charge in [-0.05, 0) is 52.9 Å². The Kier molecular flexibility index (Phi) is 6.22. The number of likely N-dealkylation sites (tertiary alicyclic amines) is 1. The maximum Gasteiger partial charge on any atom is 0.288 e. The Morgan fingerprint density at radius 2 is 1.93 bits per heavy atom. The fraction of sp³-hybridized carbons (Fsp3) is 0.316. The molecule has 1 heterocycles. The molecule has 0 saturated carbocycles. The molecular formula is C19H18F3IN3O4+. The number of nitrogens with zero attached hydrogens (tertiary/aromatic N) is 2. The van der Waals surface area contributed by atoms with Gasteiger partial charge in [0.1, 0.15) is 5.82 Å². The van der Waals surface area contributed by atoms with Gasteiger partial charge < -0.3 is 15.3 Å². The van der Waals surface area contributed by atoms with Crippen molar-refractivity contribution >= 4 is 39.9 Å². The minimum Gasteiger partial charge on any atom is -0.379 e. The smallest absolute Gasteiger partial charge is 0.288 e. The number of hydrogen-bond acceptors (Lipinski definition) is 4. The van der Waals surface area contributed by atoms with Crippen molar-refractivity contribution in [3.63, 3.8) is 0 Å². The fourth-order valence-electron chi connectivity index (χ4n) is 3.46. The zero-order chi connectivity index (χ0) is 22.2. The van der Waals surface area contributed by atoms with Gasteiger partial charge in [0, 0.05) is 9.99 Å². The van der Waals surface area contributed by atoms with Gasteiger partial charge in [-0.1, -0.05) is 6.92 Å². The van der Waals surface area contributed by atoms with Crippen LogP contribution >= 0.6 is 22.6 Å². The van der Waals surface area contributed by atoms with Crippen LogP contribution < -0.4 is 5.32 Å². The topological polar surface area (TPSA) is 92.9 Å². The van der Waals surface area contributed by atoms with Crippen LogP contribution in [0.5, 0.6) is 0 Å². The fourth-order valence-corrected chi connectivity index (χ4v) is 3.91. The van der Waals surface area contributed by atoms with Gasteiger partial charge in [0.2, 0.25) is 4.92 Å². The van der Waals surface area contributed by atoms with Gasteiger partial charge in [0.25, 0.3) is 11.9 Å². The predicted molar refractivity (Wildman–Crippen MR) is 109 cm³/mol. The molecule has 30 heavy (non-hydrogen) atoms. The number of halogens is 4. The molecule has 0 bridgehead atoms. The first-order chi connectivity index (χ1) is 14.1. The molecule has 0 radical (unpaired) electrons. The Morgan fingerprint density at radius 1 is 1.27 bits per heavy atom. The van der Waals surface area contributed by atoms with Crippen LogP contribution in [0.3, 0.4) is 0 Å². The first-order valence-corrected chi connectivity index (χ1v) is 10.0. The third-order valence-corrected chi connectivity index (χ3v) is 5.68. The molecule has 0 aliphatic carbocycles. The van der Waals surface area contributed by atoms with Crippen molar-refractivity contribution in [1.29, 1.82) is 0 Å². The van der Waals surface area contributed by atoms with E-state index in [1.165, 1.54) is 12.1 Å². The number of amides is 1. The molecule has 1 atom stereocenters. The summed E-state index contributed by atoms with van der Waals surface area (Å²) in [5, 5.41) is 22.1. The summed E-state index contributed by atoms with van der Waals surface area (Å²) in [6.45, 7) is 1.00. The number of carbonyl (C=O) groups is 1. The molecule has 160 valence electrons. The van der Waals surface area contributed by atoms with E-state index >= 15 is 0 Å². The van der Waals surface area contributed by atoms with Crippen molar-refractivity contribution < 1.29 is 33.2 Å². The minimum atomic E-state index is -1.64. The van der Waals surface area contributed by atoms with Gasteiger partial charge in [0.05, 0.1) is 34.9 Å². The number of aliphatic hydroxyl groups is 1. The lowest BCUT2D eigenvalue weighted by Gasteiger charge is -2.45. The highest BCUT2D eigenvalue weighted by Crippen LogP contribution is 2.33. The minimum absolute atomic E-state index is 0.128. The van der Waals surface area contributed by atoms with Crippen LogP contribution in [-0.4, -0.2) is 50.8 Å². The Balaban J connectivity index is 1.89. The highest BCUT2D eigenvalue weighted by Gasteiger charge is 2.57. The number of rotatable bonds is 6. The van der Waals surface area contributed by atoms with Gasteiger partial charge in [-0.3, -0.25) is 4.79 Å². The van der Waals surface area contributed by atoms with E-state index in [0.29, 0.717) is 3.57 Å². The van der Waals surface area contributed by atoms with Crippen molar-refractivity contribution in [1.82, 2.24) is 4.90 Å². The van der Waals surface area contributed by atoms with Gasteiger partial charge in [0.15, 0.2) is 17.2 Å². The number of hydrogen-bond donors (Lipinski definition) is 3. The maximum absolute atomic E-state index is 14.5. The number of carbonyl (C=O) groups excluding carboxylic acids is 1. The molecule has 3 rings (SSSR count). The summed E-state index contributed by atoms with van der Waals surface area (Å²) in [7, 11) is 0. The molecule has 1 aliphatic rings. The molecular weight excluding hydrogens is 518 g/mol. The Hall–Kier alpha value is -2.41. The summed E-state index contributed by atoms with van der Waals surface area (Å²) < 4.78 is 43.1. The first-order valence-electron chi connectivity index (χ1n) is 8.94. The van der Waals surface area contributed by atoms with Gasteiger partial charge in [-0.2, -0.15) is 0 Å². The van der Waals surface area contributed by atoms with Gasteiger partial charge in [-0.15, -0.1) is 0 Å². The van der Waals surface area contributed by atoms with E-state index < -0.39 is 40.7 Å². The molecule has 1 fully saturated rings. The normalized spacial score (nSPS) is 16.0. The zero-order valence-electron chi connectivity index (χ0n) is 15.7. The molecule has 1 aliphatic heterocycles. The van der Waals surface area contributed by atoms with E-state index in [9.17, 15) is 28.0 Å². The summed E-state index contributed by atoms with van der Waals surface area (Å²) in [5.74, 6) is -4.06. The van der Waals surface area contributed by atoms with E-state index in [-0.39, 0.29) is 35.7 Å². The maximum atomic E-state index is 14.5. The van der Waals surface area contributed by atoms with Crippen LogP contribution in [0.1, 0.15) is 23.7 Å². The standard InChI is InChI=1S/C19H17F3IN3O4/c1-2-15(26(29)30)19(28)8-25(9-19)18(27)11-4-5-12(20)16(22)17(11)24-14-6-3-10(23)7-13(14)21/h3-7,15,28H,2,8-9H2,1H3,(H-,24,27,29,30)/p+1. The average molecular weight is 536 g/mol. The SMILES string of the molecule is CCC([N+](=O)O)C1(O)CN(C(=O)c2ccc(F)c(F)c2Nc2ccc(I)cc2F)C1. The average Bonchev–Trinajstić information content (AvgIpc) is 2.65. The van der Waals surface area contributed by atoms with E-state index in [0.717, 1.165) is 17.0 Å². The molecule has 1 unspecified atom stereocenters. The van der Waals surface area contributed by atoms with Crippen molar-refractivity contribution in [2.24, 2.45) is 0 Å². The second-order valence-corrected chi connectivity index (χ2v) is 8.27. The summed E-state index contributed by atoms with van der Waals surface area (Å²) in [6, 6.07) is 4.74. The van der Waals surface area contributed by atoms with Crippen LogP contribution in [0.4, 0.5) is 24.5 Å². The Bertz CT molecular complexity index is 1010. The lowest BCUT2D eigenvalue weighted by atomic mass is 9.84. The highest BCUT2D eigenvalue weighted by atomic mass is 127. The number of nitrogens with one attached hydrogen (secondary N) is 1. The molecule has 11 heteroatoms. The molecule has 2 aromatic rings. The molecule has 0 aromatic heterocycles. The molecule has 3 N–H and O–H groups in total. The molecule has 0 spiro atoms. The summed E-state index contributed by atoms with van der Waals surface area (Å²) in [6.07, 6.45) is 0.128. The lowest BCUT2D eigenvalue weighted by molar-refractivity contribution is -0.825. The summed E-state index contributed by atoms with van der Waals surface area (Å²) in [5.41, 5.74) is -2.61. The van der Waals surface area contributed by atoms with E-state index in [4.69, 9.17) is 5.21 Å². The van der Waals surface area contributed by atoms with E-state index in [1.54, 1.807) is 13.0 Å². The van der Waals surface area contributed by atoms with Gasteiger partial charge >= 0.3 is 0 Å². The molecule has 7 nitrogen and oxygen atoms in total. The largest absolute Gasteiger partial charge is 0.379 e. The van der Waals surface area contributed by atoms with Crippen LogP contribution in [0.25, 0.3) is 0 Å². The van der Waals surface area contributed by atoms with E-state index in [2.05, 4.69) is 5.32 Å². The molecule has 1 saturated heterocycles. The van der Waals surface area contributed by atoms with Crippen LogP contribution in [-0.2, 0) is 0 Å². The van der Waals surface area contributed by atoms with Gasteiger partial charge in [-0.25, -0.2) is 18.4 Å². The first kappa shape index (κ1) is 22.3. The quantitative estimate of drug-likeness (QED) is 0.388. The summed E-state index contributed by atoms with van der Waals surface area (Å²) >= 11 is 1.89. The molecule has 1 amide bonds. The number of benzene rings is 2. The second-order valence-electron chi connectivity index (χ2n) is 7.02. The lowest BCUT2D eigenvalue weighted by Crippen LogP contribution is -2.70. The van der Waals surface area contributed by atoms with E-state index in [1.807, 2.05) is 22.6 Å². The second kappa shape index (κ2) is 8.38. The van der Waals surface area contributed by atoms with Crippen molar-refractivity contribution in [3.8, 4) is 0 Å². The van der Waals surface area contributed by atoms with Crippen molar-refractivity contribution in [3.05, 3.63) is 61.8 Å². The molecule has 2 aromatic carbocycles. The number of anilines is 2. The highest BCUT2D eigenvalue weighted by molar-refractivity contribution is 14.1. The summed E-state index contributed by atoms with van der Waals surface area (Å²) in [4.78, 5) is 24.8. The third-order valence-electron chi connectivity index (χ3n) is 5.01.